The molecule has 0 aliphatic heterocycles. The van der Waals surface area contributed by atoms with E-state index in [2.05, 4.69) is 0 Å². The van der Waals surface area contributed by atoms with Crippen molar-refractivity contribution in [1.82, 2.24) is 0 Å². The third-order valence-electron chi connectivity index (χ3n) is 4.35. The fraction of sp³-hybridized carbons (Fsp3) is 0.462. The van der Waals surface area contributed by atoms with E-state index in [1.54, 1.807) is 12.1 Å². The summed E-state index contributed by atoms with van der Waals surface area (Å²) in [5, 5.41) is 8.88. The minimum atomic E-state index is -4.13. The number of carboxylic acid groups (broad SMARTS) is 1. The predicted octanol–water partition coefficient (Wildman–Crippen LogP) is 3.37. The van der Waals surface area contributed by atoms with E-state index in [1.165, 1.54) is 12.1 Å². The summed E-state index contributed by atoms with van der Waals surface area (Å²) in [6, 6.07) is 6.28. The van der Waals surface area contributed by atoms with Gasteiger partial charge in [-0.15, -0.1) is 0 Å². The van der Waals surface area contributed by atoms with Crippen LogP contribution in [0.2, 0.25) is 0 Å². The van der Waals surface area contributed by atoms with Crippen LogP contribution in [-0.2, 0) is 5.41 Å². The molecule has 0 atom stereocenters. The molecule has 0 spiro atoms. The summed E-state index contributed by atoms with van der Waals surface area (Å²) >= 11 is 0. The number of carboxylic acids is 1. The van der Waals surface area contributed by atoms with E-state index in [4.69, 9.17) is 5.11 Å². The zero-order chi connectivity index (χ0) is 13.2. The molecule has 3 fully saturated rings. The van der Waals surface area contributed by atoms with Crippen LogP contribution in [0.15, 0.2) is 24.3 Å². The van der Waals surface area contributed by atoms with Gasteiger partial charge < -0.3 is 5.11 Å². The molecule has 4 rings (SSSR count). The van der Waals surface area contributed by atoms with E-state index in [-0.39, 0.29) is 24.8 Å². The average molecular weight is 256 g/mol. The van der Waals surface area contributed by atoms with E-state index in [0.717, 1.165) is 5.56 Å². The van der Waals surface area contributed by atoms with Crippen molar-refractivity contribution in [2.75, 3.05) is 0 Å². The molecule has 0 aromatic heterocycles. The van der Waals surface area contributed by atoms with Crippen LogP contribution in [0.5, 0.6) is 0 Å². The Morgan fingerprint density at radius 1 is 1.22 bits per heavy atom. The second kappa shape index (κ2) is 3.08. The van der Waals surface area contributed by atoms with Gasteiger partial charge >= 0.3 is 12.1 Å². The molecule has 2 nitrogen and oxygen atoms in total. The van der Waals surface area contributed by atoms with E-state index in [1.807, 2.05) is 0 Å². The topological polar surface area (TPSA) is 37.3 Å². The summed E-state index contributed by atoms with van der Waals surface area (Å²) < 4.78 is 38.2. The largest absolute Gasteiger partial charge is 0.478 e. The molecule has 0 saturated heterocycles. The van der Waals surface area contributed by atoms with Crippen molar-refractivity contribution >= 4 is 5.97 Å². The highest BCUT2D eigenvalue weighted by Crippen LogP contribution is 2.78. The molecular formula is C13H11F3O2. The number of halogens is 3. The minimum Gasteiger partial charge on any atom is -0.478 e. The molecular weight excluding hydrogens is 245 g/mol. The second-order valence-corrected chi connectivity index (χ2v) is 5.47. The van der Waals surface area contributed by atoms with Crippen LogP contribution in [0.3, 0.4) is 0 Å². The molecule has 0 radical (unpaired) electrons. The molecule has 3 saturated carbocycles. The first kappa shape index (κ1) is 11.6. The van der Waals surface area contributed by atoms with Crippen molar-refractivity contribution in [2.24, 2.45) is 5.41 Å². The van der Waals surface area contributed by atoms with Gasteiger partial charge in [0.25, 0.3) is 0 Å². The van der Waals surface area contributed by atoms with Gasteiger partial charge in [-0.2, -0.15) is 13.2 Å². The third kappa shape index (κ3) is 1.27. The molecule has 1 aromatic rings. The molecule has 3 aliphatic carbocycles. The van der Waals surface area contributed by atoms with Gasteiger partial charge in [0.15, 0.2) is 0 Å². The number of benzene rings is 1. The van der Waals surface area contributed by atoms with E-state index >= 15 is 0 Å². The maximum atomic E-state index is 12.7. The molecule has 1 N–H and O–H groups in total. The number of hydrogen-bond acceptors (Lipinski definition) is 1. The molecule has 1 aromatic carbocycles. The van der Waals surface area contributed by atoms with Crippen LogP contribution in [0.25, 0.3) is 0 Å². The molecule has 2 bridgehead atoms. The zero-order valence-corrected chi connectivity index (χ0v) is 9.42. The Bertz CT molecular complexity index is 514. The number of alkyl halides is 3. The normalized spacial score (nSPS) is 33.5. The summed E-state index contributed by atoms with van der Waals surface area (Å²) in [4.78, 5) is 10.8. The maximum absolute atomic E-state index is 12.7. The van der Waals surface area contributed by atoms with Gasteiger partial charge in [-0.25, -0.2) is 4.79 Å². The Morgan fingerprint density at radius 3 is 2.33 bits per heavy atom. The van der Waals surface area contributed by atoms with Crippen molar-refractivity contribution < 1.29 is 23.1 Å². The summed E-state index contributed by atoms with van der Waals surface area (Å²) in [5.74, 6) is -1.05. The lowest BCUT2D eigenvalue weighted by Crippen LogP contribution is -2.70. The molecule has 0 unspecified atom stereocenters. The Kier molecular flexibility index (Phi) is 1.98. The monoisotopic (exact) mass is 256 g/mol. The first-order valence-electron chi connectivity index (χ1n) is 5.69. The van der Waals surface area contributed by atoms with Gasteiger partial charge in [0.05, 0.1) is 11.0 Å². The number of hydrogen-bond donors (Lipinski definition) is 1. The fourth-order valence-electron chi connectivity index (χ4n) is 3.38. The van der Waals surface area contributed by atoms with Crippen molar-refractivity contribution in [3.05, 3.63) is 35.4 Å². The molecule has 18 heavy (non-hydrogen) atoms. The van der Waals surface area contributed by atoms with Crippen LogP contribution < -0.4 is 0 Å². The van der Waals surface area contributed by atoms with E-state index < -0.39 is 23.0 Å². The van der Waals surface area contributed by atoms with Crippen LogP contribution >= 0.6 is 0 Å². The van der Waals surface area contributed by atoms with Crippen LogP contribution in [0.4, 0.5) is 13.2 Å². The standard InChI is InChI=1S/C13H11F3O2/c14-13(15,16)12-5-11(6-12,7-12)9-3-1-2-8(4-9)10(17)18/h1-4H,5-7H2,(H,17,18). The first-order valence-corrected chi connectivity index (χ1v) is 5.69. The highest BCUT2D eigenvalue weighted by molar-refractivity contribution is 5.87. The second-order valence-electron chi connectivity index (χ2n) is 5.47. The SMILES string of the molecule is O=C(O)c1cccc(C23CC(C(F)(F)F)(C2)C3)c1. The van der Waals surface area contributed by atoms with Gasteiger partial charge in [-0.3, -0.25) is 0 Å². The number of aromatic carboxylic acids is 1. The summed E-state index contributed by atoms with van der Waals surface area (Å²) in [6.07, 6.45) is -3.81. The lowest BCUT2D eigenvalue weighted by Gasteiger charge is -2.71. The highest BCUT2D eigenvalue weighted by atomic mass is 19.4. The Balaban J connectivity index is 1.85. The molecule has 0 heterocycles. The lowest BCUT2D eigenvalue weighted by molar-refractivity contribution is -0.337. The fourth-order valence-corrected chi connectivity index (χ4v) is 3.38. The molecule has 3 aliphatic rings. The third-order valence-corrected chi connectivity index (χ3v) is 4.35. The summed E-state index contributed by atoms with van der Waals surface area (Å²) in [5.41, 5.74) is -1.06. The Labute approximate surface area is 101 Å². The lowest BCUT2D eigenvalue weighted by atomic mass is 9.33. The van der Waals surface area contributed by atoms with Crippen molar-refractivity contribution in [3.63, 3.8) is 0 Å². The number of rotatable bonds is 2. The average Bonchev–Trinajstić information content (AvgIpc) is 2.11. The van der Waals surface area contributed by atoms with Crippen molar-refractivity contribution in [2.45, 2.75) is 30.9 Å². The maximum Gasteiger partial charge on any atom is 0.394 e. The number of carbonyl (C=O) groups is 1. The molecule has 5 heteroatoms. The smallest absolute Gasteiger partial charge is 0.394 e. The van der Waals surface area contributed by atoms with E-state index in [0.29, 0.717) is 0 Å². The van der Waals surface area contributed by atoms with Crippen LogP contribution in [0, 0.1) is 5.41 Å². The predicted molar refractivity (Wildman–Crippen MR) is 57.4 cm³/mol. The van der Waals surface area contributed by atoms with Gasteiger partial charge in [-0.1, -0.05) is 12.1 Å². The summed E-state index contributed by atoms with van der Waals surface area (Å²) in [6.45, 7) is 0. The van der Waals surface area contributed by atoms with Gasteiger partial charge in [0, 0.05) is 0 Å². The quantitative estimate of drug-likeness (QED) is 0.880. The van der Waals surface area contributed by atoms with E-state index in [9.17, 15) is 18.0 Å². The minimum absolute atomic E-state index is 0.104. The van der Waals surface area contributed by atoms with Crippen LogP contribution in [-0.4, -0.2) is 17.3 Å². The van der Waals surface area contributed by atoms with Crippen LogP contribution in [0.1, 0.15) is 35.2 Å². The van der Waals surface area contributed by atoms with Gasteiger partial charge in [0.1, 0.15) is 0 Å². The molecule has 96 valence electrons. The summed E-state index contributed by atoms with van der Waals surface area (Å²) in [7, 11) is 0. The van der Waals surface area contributed by atoms with Crippen molar-refractivity contribution in [3.8, 4) is 0 Å². The van der Waals surface area contributed by atoms with Crippen molar-refractivity contribution in [1.29, 1.82) is 0 Å². The highest BCUT2D eigenvalue weighted by Gasteiger charge is 2.78. The molecule has 0 amide bonds. The Morgan fingerprint density at radius 2 is 1.83 bits per heavy atom. The van der Waals surface area contributed by atoms with Gasteiger partial charge in [0.2, 0.25) is 0 Å². The Hall–Kier alpha value is -1.52. The van der Waals surface area contributed by atoms with Gasteiger partial charge in [-0.05, 0) is 42.4 Å². The zero-order valence-electron chi connectivity index (χ0n) is 9.42. The first-order chi connectivity index (χ1) is 8.28.